The maximum absolute atomic E-state index is 13.8. The summed E-state index contributed by atoms with van der Waals surface area (Å²) < 4.78 is 30.0. The SMILES string of the molecule is C=C1Nc2nc3ccc(CN4CCC(N5CCN(C6CCN(c7cc(F)cc(F)c7)CC6)CC5)CC4)cc3n2C[C@H](C)CCCCC(=NC)C(=CN)c2cc1cc(C)n2. The monoisotopic (exact) mass is 805 g/mol. The molecule has 59 heavy (non-hydrogen) atoms. The van der Waals surface area contributed by atoms with E-state index in [0.29, 0.717) is 23.7 Å². The van der Waals surface area contributed by atoms with E-state index in [0.717, 1.165) is 161 Å². The molecule has 3 saturated heterocycles. The van der Waals surface area contributed by atoms with Crippen LogP contribution in [-0.2, 0) is 13.1 Å². The second-order valence-electron chi connectivity index (χ2n) is 17.4. The van der Waals surface area contributed by atoms with E-state index < -0.39 is 11.6 Å². The van der Waals surface area contributed by atoms with E-state index in [1.807, 2.05) is 14.0 Å². The summed E-state index contributed by atoms with van der Waals surface area (Å²) in [5.74, 6) is 0.265. The van der Waals surface area contributed by atoms with Crippen LogP contribution in [0.1, 0.15) is 80.8 Å². The van der Waals surface area contributed by atoms with E-state index in [1.54, 1.807) is 6.20 Å². The van der Waals surface area contributed by atoms with Crippen molar-refractivity contribution in [3.05, 3.63) is 95.5 Å². The lowest BCUT2D eigenvalue weighted by atomic mass is 9.97. The molecular formula is C47H62F2N10. The normalized spacial score (nSPS) is 23.0. The Morgan fingerprint density at radius 2 is 1.53 bits per heavy atom. The van der Waals surface area contributed by atoms with Crippen molar-refractivity contribution in [2.45, 2.75) is 90.4 Å². The third kappa shape index (κ3) is 9.55. The van der Waals surface area contributed by atoms with E-state index >= 15 is 0 Å². The number of hydrogen-bond donors (Lipinski definition) is 2. The van der Waals surface area contributed by atoms with Crippen molar-refractivity contribution in [3.8, 4) is 0 Å². The third-order valence-corrected chi connectivity index (χ3v) is 13.3. The van der Waals surface area contributed by atoms with Gasteiger partial charge in [-0.05, 0) is 113 Å². The minimum absolute atomic E-state index is 0.458. The van der Waals surface area contributed by atoms with Gasteiger partial charge in [0.2, 0.25) is 5.95 Å². The zero-order valence-electron chi connectivity index (χ0n) is 35.3. The molecule has 4 aliphatic heterocycles. The number of nitrogens with two attached hydrogens (primary N) is 1. The van der Waals surface area contributed by atoms with Gasteiger partial charge in [0.25, 0.3) is 0 Å². The van der Waals surface area contributed by atoms with Gasteiger partial charge in [-0.15, -0.1) is 0 Å². The Kier molecular flexibility index (Phi) is 12.8. The molecule has 0 spiro atoms. The van der Waals surface area contributed by atoms with Gasteiger partial charge in [-0.25, -0.2) is 13.8 Å². The first-order valence-corrected chi connectivity index (χ1v) is 21.9. The Labute approximate surface area is 348 Å². The fraction of sp³-hybridized carbons (Fsp3) is 0.511. The van der Waals surface area contributed by atoms with Gasteiger partial charge in [-0.3, -0.25) is 24.7 Å². The highest BCUT2D eigenvalue weighted by Crippen LogP contribution is 2.31. The average Bonchev–Trinajstić information content (AvgIpc) is 3.56. The van der Waals surface area contributed by atoms with Crippen LogP contribution in [0.4, 0.5) is 20.4 Å². The van der Waals surface area contributed by atoms with Crippen LogP contribution in [0.15, 0.2) is 66.3 Å². The number of fused-ring (bicyclic) bond motifs is 5. The van der Waals surface area contributed by atoms with Gasteiger partial charge >= 0.3 is 0 Å². The zero-order chi connectivity index (χ0) is 41.0. The van der Waals surface area contributed by atoms with Gasteiger partial charge in [0.05, 0.1) is 16.7 Å². The summed E-state index contributed by atoms with van der Waals surface area (Å²) in [6.07, 6.45) is 10.2. The largest absolute Gasteiger partial charge is 0.404 e. The van der Waals surface area contributed by atoms with E-state index in [4.69, 9.17) is 15.7 Å². The molecule has 2 bridgehead atoms. The summed E-state index contributed by atoms with van der Waals surface area (Å²) in [5.41, 5.74) is 15.6. The van der Waals surface area contributed by atoms with Crippen LogP contribution in [0.25, 0.3) is 22.3 Å². The first-order chi connectivity index (χ1) is 28.6. The maximum atomic E-state index is 13.8. The smallest absolute Gasteiger partial charge is 0.208 e. The standard InChI is InChI=1S/C47H62F2N10/c1-32-7-5-6-8-43(51-4)42(29-50)45-25-36(23-33(2)52-45)34(3)53-47-54-44-10-9-35(24-46(44)59(47)30-32)31-55-15-11-39(12-16-55)57-19-21-58(22-20-57)40-13-17-56(18-14-40)41-27-37(48)26-38(49)28-41/h9-10,23-29,32,39-40H,3,5-8,11-22,30-31,50H2,1-2,4H3,(H,53,54)/t32-/m1/s1. The van der Waals surface area contributed by atoms with Crippen LogP contribution in [0.3, 0.4) is 0 Å². The minimum atomic E-state index is -0.505. The molecule has 3 N–H and O–H groups in total. The summed E-state index contributed by atoms with van der Waals surface area (Å²) in [6, 6.07) is 15.9. The Morgan fingerprint density at radius 3 is 2.19 bits per heavy atom. The van der Waals surface area contributed by atoms with Crippen molar-refractivity contribution in [1.29, 1.82) is 0 Å². The predicted molar refractivity (Wildman–Crippen MR) is 238 cm³/mol. The molecular weight excluding hydrogens is 743 g/mol. The molecule has 0 aliphatic carbocycles. The molecule has 314 valence electrons. The third-order valence-electron chi connectivity index (χ3n) is 13.3. The van der Waals surface area contributed by atoms with Crippen LogP contribution >= 0.6 is 0 Å². The fourth-order valence-electron chi connectivity index (χ4n) is 10.00. The molecule has 3 fully saturated rings. The number of benzene rings is 2. The lowest BCUT2D eigenvalue weighted by molar-refractivity contribution is 0.0365. The summed E-state index contributed by atoms with van der Waals surface area (Å²) in [4.78, 5) is 24.7. The predicted octanol–water partition coefficient (Wildman–Crippen LogP) is 7.93. The number of anilines is 2. The zero-order valence-corrected chi connectivity index (χ0v) is 35.3. The number of pyridine rings is 1. The van der Waals surface area contributed by atoms with Gasteiger partial charge in [0.1, 0.15) is 11.6 Å². The molecule has 4 aliphatic rings. The molecule has 10 nitrogen and oxygen atoms in total. The van der Waals surface area contributed by atoms with Crippen LogP contribution in [0.5, 0.6) is 0 Å². The first kappa shape index (κ1) is 41.1. The van der Waals surface area contributed by atoms with Gasteiger partial charge in [-0.2, -0.15) is 0 Å². The number of aromatic nitrogens is 3. The fourth-order valence-corrected chi connectivity index (χ4v) is 10.00. The van der Waals surface area contributed by atoms with E-state index in [2.05, 4.69) is 78.3 Å². The number of halogens is 2. The molecule has 2 aromatic heterocycles. The quantitative estimate of drug-likeness (QED) is 0.210. The summed E-state index contributed by atoms with van der Waals surface area (Å²) in [6.45, 7) is 18.9. The van der Waals surface area contributed by atoms with Crippen LogP contribution < -0.4 is 16.0 Å². The van der Waals surface area contributed by atoms with Crippen LogP contribution in [0.2, 0.25) is 0 Å². The molecule has 12 heteroatoms. The number of aryl methyl sites for hydroxylation is 1. The van der Waals surface area contributed by atoms with E-state index in [9.17, 15) is 8.78 Å². The number of rotatable bonds is 5. The number of piperidine rings is 2. The van der Waals surface area contributed by atoms with E-state index in [-0.39, 0.29) is 0 Å². The first-order valence-electron chi connectivity index (χ1n) is 21.9. The highest BCUT2D eigenvalue weighted by molar-refractivity contribution is 6.23. The molecule has 0 amide bonds. The number of allylic oxidation sites excluding steroid dienone is 1. The Bertz CT molecular complexity index is 2150. The van der Waals surface area contributed by atoms with Crippen molar-refractivity contribution in [3.63, 3.8) is 0 Å². The Hall–Kier alpha value is -4.65. The summed E-state index contributed by atoms with van der Waals surface area (Å²) in [7, 11) is 1.84. The Morgan fingerprint density at radius 1 is 0.847 bits per heavy atom. The number of nitrogens with zero attached hydrogens (tertiary/aromatic N) is 8. The molecule has 0 radical (unpaired) electrons. The molecule has 0 saturated carbocycles. The molecule has 0 unspecified atom stereocenters. The van der Waals surface area contributed by atoms with Crippen molar-refractivity contribution >= 4 is 39.7 Å². The number of hydrogen-bond acceptors (Lipinski definition) is 9. The number of likely N-dealkylation sites (tertiary alicyclic amines) is 1. The molecule has 8 rings (SSSR count). The lowest BCUT2D eigenvalue weighted by Crippen LogP contribution is -2.56. The van der Waals surface area contributed by atoms with Gasteiger partial charge < -0.3 is 20.5 Å². The van der Waals surface area contributed by atoms with Crippen molar-refractivity contribution in [2.75, 3.05) is 69.6 Å². The minimum Gasteiger partial charge on any atom is -0.404 e. The Balaban J connectivity index is 0.883. The topological polar surface area (TPSA) is 94.1 Å². The van der Waals surface area contributed by atoms with Crippen molar-refractivity contribution < 1.29 is 8.78 Å². The molecule has 4 aromatic rings. The molecule has 1 atom stereocenters. The van der Waals surface area contributed by atoms with E-state index in [1.165, 1.54) is 30.5 Å². The van der Waals surface area contributed by atoms with Crippen LogP contribution in [0, 0.1) is 24.5 Å². The van der Waals surface area contributed by atoms with Gasteiger partial charge in [0, 0.05) is 118 Å². The van der Waals surface area contributed by atoms with Crippen molar-refractivity contribution in [1.82, 2.24) is 29.2 Å². The highest BCUT2D eigenvalue weighted by atomic mass is 19.1. The van der Waals surface area contributed by atoms with Gasteiger partial charge in [-0.1, -0.05) is 26.0 Å². The van der Waals surface area contributed by atoms with Gasteiger partial charge in [0.15, 0.2) is 0 Å². The highest BCUT2D eigenvalue weighted by Gasteiger charge is 2.32. The molecule has 6 heterocycles. The van der Waals surface area contributed by atoms with Crippen molar-refractivity contribution in [2.24, 2.45) is 16.6 Å². The molecule has 2 aromatic carbocycles. The summed E-state index contributed by atoms with van der Waals surface area (Å²) in [5, 5.41) is 3.61. The second-order valence-corrected chi connectivity index (χ2v) is 17.4. The summed E-state index contributed by atoms with van der Waals surface area (Å²) >= 11 is 0. The number of aliphatic imine (C=N–C) groups is 1. The lowest BCUT2D eigenvalue weighted by Gasteiger charge is -2.46. The maximum Gasteiger partial charge on any atom is 0.208 e. The number of piperazine rings is 1. The second kappa shape index (κ2) is 18.3. The number of imidazole rings is 1. The van der Waals surface area contributed by atoms with Crippen LogP contribution in [-0.4, -0.2) is 106 Å². The number of nitrogens with one attached hydrogen (secondary N) is 1. The average molecular weight is 805 g/mol.